The molecule has 1 aromatic rings. The summed E-state index contributed by atoms with van der Waals surface area (Å²) in [6.07, 6.45) is -4.96. The Balaban J connectivity index is 0.00000400. The lowest BCUT2D eigenvalue weighted by atomic mass is 10.0. The zero-order chi connectivity index (χ0) is 15.6. The predicted octanol–water partition coefficient (Wildman–Crippen LogP) is 2.64. The van der Waals surface area contributed by atoms with E-state index < -0.39 is 36.2 Å². The van der Waals surface area contributed by atoms with Crippen molar-refractivity contribution < 1.29 is 36.5 Å². The van der Waals surface area contributed by atoms with Crippen LogP contribution in [-0.2, 0) is 0 Å². The highest BCUT2D eigenvalue weighted by atomic mass is 35.5. The standard InChI is InChI=1S/C11H12F5NO3.ClH/c1-19-8-3-2-6(20-11(14,15)16)4-7(8)9(17)10(12,13)5-18;/h2-4,9,18H,5,17H2,1H3;1H/t9-;/m0./s1. The van der Waals surface area contributed by atoms with Crippen molar-refractivity contribution in [2.75, 3.05) is 13.7 Å². The number of methoxy groups -OCH3 is 1. The molecule has 0 aliphatic heterocycles. The molecule has 1 aromatic carbocycles. The average Bonchev–Trinajstić information content (AvgIpc) is 2.35. The van der Waals surface area contributed by atoms with Crippen LogP contribution in [0.3, 0.4) is 0 Å². The highest BCUT2D eigenvalue weighted by Crippen LogP contribution is 2.37. The van der Waals surface area contributed by atoms with E-state index in [0.717, 1.165) is 19.2 Å². The number of hydrogen-bond donors (Lipinski definition) is 2. The molecule has 0 unspecified atom stereocenters. The third-order valence-electron chi connectivity index (χ3n) is 2.44. The van der Waals surface area contributed by atoms with Gasteiger partial charge in [0.05, 0.1) is 7.11 Å². The molecule has 0 fully saturated rings. The van der Waals surface area contributed by atoms with Crippen molar-refractivity contribution in [1.29, 1.82) is 0 Å². The quantitative estimate of drug-likeness (QED) is 0.811. The van der Waals surface area contributed by atoms with Gasteiger partial charge in [0.15, 0.2) is 0 Å². The van der Waals surface area contributed by atoms with Gasteiger partial charge in [0.2, 0.25) is 0 Å². The molecule has 0 aliphatic rings. The first-order valence-corrected chi connectivity index (χ1v) is 5.28. The largest absolute Gasteiger partial charge is 0.573 e. The summed E-state index contributed by atoms with van der Waals surface area (Å²) in [6, 6.07) is 0.573. The molecule has 122 valence electrons. The van der Waals surface area contributed by atoms with Gasteiger partial charge in [0.1, 0.15) is 24.1 Å². The molecule has 0 amide bonds. The van der Waals surface area contributed by atoms with Crippen molar-refractivity contribution in [3.8, 4) is 11.5 Å². The zero-order valence-electron chi connectivity index (χ0n) is 10.7. The van der Waals surface area contributed by atoms with Gasteiger partial charge in [0, 0.05) is 5.56 Å². The van der Waals surface area contributed by atoms with Gasteiger partial charge >= 0.3 is 6.36 Å². The number of halogens is 6. The predicted molar refractivity (Wildman–Crippen MR) is 65.9 cm³/mol. The average molecular weight is 338 g/mol. The first kappa shape index (κ1) is 19.7. The lowest BCUT2D eigenvalue weighted by Crippen LogP contribution is -2.36. The van der Waals surface area contributed by atoms with Crippen LogP contribution in [0.5, 0.6) is 11.5 Å². The van der Waals surface area contributed by atoms with E-state index in [9.17, 15) is 22.0 Å². The lowest BCUT2D eigenvalue weighted by molar-refractivity contribution is -0.274. The number of benzene rings is 1. The molecule has 1 atom stereocenters. The van der Waals surface area contributed by atoms with Gasteiger partial charge in [-0.3, -0.25) is 0 Å². The minimum absolute atomic E-state index is 0. The SMILES string of the molecule is COc1ccc(OC(F)(F)F)cc1[C@H](N)C(F)(F)CO.Cl. The minimum atomic E-state index is -4.96. The second-order valence-corrected chi connectivity index (χ2v) is 3.85. The van der Waals surface area contributed by atoms with E-state index in [-0.39, 0.29) is 18.2 Å². The number of alkyl halides is 5. The molecule has 10 heteroatoms. The molecular formula is C11H13ClF5NO3. The smallest absolute Gasteiger partial charge is 0.496 e. The van der Waals surface area contributed by atoms with E-state index >= 15 is 0 Å². The fourth-order valence-electron chi connectivity index (χ4n) is 1.48. The Hall–Kier alpha value is -1.32. The monoisotopic (exact) mass is 337 g/mol. The number of hydrogen-bond acceptors (Lipinski definition) is 4. The van der Waals surface area contributed by atoms with Crippen LogP contribution in [0.2, 0.25) is 0 Å². The minimum Gasteiger partial charge on any atom is -0.496 e. The van der Waals surface area contributed by atoms with E-state index in [1.807, 2.05) is 0 Å². The van der Waals surface area contributed by atoms with Crippen molar-refractivity contribution in [3.63, 3.8) is 0 Å². The van der Waals surface area contributed by atoms with Crippen LogP contribution in [0.1, 0.15) is 11.6 Å². The number of rotatable bonds is 5. The number of aliphatic hydroxyl groups excluding tert-OH is 1. The molecule has 1 rings (SSSR count). The number of ether oxygens (including phenoxy) is 2. The van der Waals surface area contributed by atoms with Gasteiger partial charge in [-0.15, -0.1) is 25.6 Å². The highest BCUT2D eigenvalue weighted by Gasteiger charge is 2.39. The molecule has 0 heterocycles. The van der Waals surface area contributed by atoms with Gasteiger partial charge in [-0.25, -0.2) is 8.78 Å². The molecule has 0 aliphatic carbocycles. The van der Waals surface area contributed by atoms with Crippen molar-refractivity contribution in [1.82, 2.24) is 0 Å². The summed E-state index contributed by atoms with van der Waals surface area (Å²) in [6.45, 7) is -1.55. The molecule has 0 saturated carbocycles. The topological polar surface area (TPSA) is 64.7 Å². The molecule has 3 N–H and O–H groups in total. The van der Waals surface area contributed by atoms with Crippen LogP contribution in [0.15, 0.2) is 18.2 Å². The molecule has 0 bridgehead atoms. The number of aliphatic hydroxyl groups is 1. The summed E-state index contributed by atoms with van der Waals surface area (Å²) in [5.41, 5.74) is 4.86. The maximum atomic E-state index is 13.3. The van der Waals surface area contributed by atoms with E-state index in [4.69, 9.17) is 15.6 Å². The summed E-state index contributed by atoms with van der Waals surface area (Å²) in [7, 11) is 1.15. The fraction of sp³-hybridized carbons (Fsp3) is 0.455. The van der Waals surface area contributed by atoms with Crippen molar-refractivity contribution in [3.05, 3.63) is 23.8 Å². The van der Waals surface area contributed by atoms with Crippen molar-refractivity contribution in [2.45, 2.75) is 18.3 Å². The third kappa shape index (κ3) is 5.18. The van der Waals surface area contributed by atoms with Gasteiger partial charge in [-0.2, -0.15) is 0 Å². The molecule has 0 spiro atoms. The van der Waals surface area contributed by atoms with E-state index in [2.05, 4.69) is 4.74 Å². The highest BCUT2D eigenvalue weighted by molar-refractivity contribution is 5.85. The molecule has 4 nitrogen and oxygen atoms in total. The van der Waals surface area contributed by atoms with Gasteiger partial charge in [0.25, 0.3) is 5.92 Å². The first-order valence-electron chi connectivity index (χ1n) is 5.28. The Morgan fingerprint density at radius 3 is 2.24 bits per heavy atom. The van der Waals surface area contributed by atoms with Crippen LogP contribution in [0.25, 0.3) is 0 Å². The third-order valence-corrected chi connectivity index (χ3v) is 2.44. The normalized spacial score (nSPS) is 13.3. The Labute approximate surface area is 123 Å². The maximum absolute atomic E-state index is 13.3. The van der Waals surface area contributed by atoms with Crippen LogP contribution in [0, 0.1) is 0 Å². The Morgan fingerprint density at radius 1 is 1.24 bits per heavy atom. The summed E-state index contributed by atoms with van der Waals surface area (Å²) in [5.74, 6) is -4.57. The van der Waals surface area contributed by atoms with Crippen molar-refractivity contribution in [2.24, 2.45) is 5.73 Å². The Morgan fingerprint density at radius 2 is 1.81 bits per heavy atom. The lowest BCUT2D eigenvalue weighted by Gasteiger charge is -2.24. The Kier molecular flexibility index (Phi) is 6.65. The Bertz CT molecular complexity index is 470. The summed E-state index contributed by atoms with van der Waals surface area (Å²) >= 11 is 0. The van der Waals surface area contributed by atoms with Gasteiger partial charge in [-0.1, -0.05) is 0 Å². The summed E-state index contributed by atoms with van der Waals surface area (Å²) < 4.78 is 71.3. The summed E-state index contributed by atoms with van der Waals surface area (Å²) in [4.78, 5) is 0. The molecule has 0 radical (unpaired) electrons. The summed E-state index contributed by atoms with van der Waals surface area (Å²) in [5, 5.41) is 8.56. The maximum Gasteiger partial charge on any atom is 0.573 e. The van der Waals surface area contributed by atoms with Gasteiger partial charge in [-0.05, 0) is 18.2 Å². The first-order chi connectivity index (χ1) is 9.10. The number of nitrogens with two attached hydrogens (primary N) is 1. The van der Waals surface area contributed by atoms with Crippen LogP contribution in [0.4, 0.5) is 22.0 Å². The molecule has 0 aromatic heterocycles. The van der Waals surface area contributed by atoms with E-state index in [1.54, 1.807) is 0 Å². The molecular weight excluding hydrogens is 325 g/mol. The molecule has 0 saturated heterocycles. The zero-order valence-corrected chi connectivity index (χ0v) is 11.5. The second kappa shape index (κ2) is 7.10. The van der Waals surface area contributed by atoms with Crippen LogP contribution >= 0.6 is 12.4 Å². The van der Waals surface area contributed by atoms with Crippen LogP contribution < -0.4 is 15.2 Å². The molecule has 21 heavy (non-hydrogen) atoms. The fourth-order valence-corrected chi connectivity index (χ4v) is 1.48. The second-order valence-electron chi connectivity index (χ2n) is 3.85. The van der Waals surface area contributed by atoms with Crippen LogP contribution in [-0.4, -0.2) is 31.1 Å². The van der Waals surface area contributed by atoms with Crippen molar-refractivity contribution >= 4 is 12.4 Å². The van der Waals surface area contributed by atoms with E-state index in [0.29, 0.717) is 6.07 Å². The van der Waals surface area contributed by atoms with Gasteiger partial charge < -0.3 is 20.3 Å². The van der Waals surface area contributed by atoms with E-state index in [1.165, 1.54) is 0 Å².